The second kappa shape index (κ2) is 14.7. The van der Waals surface area contributed by atoms with Gasteiger partial charge in [-0.25, -0.2) is 0 Å². The first-order valence-electron chi connectivity index (χ1n) is 26.9. The number of anilines is 6. The van der Waals surface area contributed by atoms with E-state index < -0.39 is 5.41 Å². The Morgan fingerprint density at radius 1 is 0.356 bits per heavy atom. The van der Waals surface area contributed by atoms with E-state index in [1.54, 1.807) is 0 Å². The Bertz CT molecular complexity index is 3820. The molecule has 0 saturated carbocycles. The SMILES string of the molecule is CC(C)(C)c1cccc(C2(c3cc(C(C)(C)C)cc(C(C)(C)C)c3)c3ccccc3N3c4cccc5c4B(c4cccc6c4N5c4cc(C(C)(C)C)cc5c7cc(C(C)(C)C)ccc7n-6c45)c4cccc2c43)c1. The highest BCUT2D eigenvalue weighted by molar-refractivity contribution is 7.00. The quantitative estimate of drug-likeness (QED) is 0.160. The average molecular weight is 952 g/mol. The van der Waals surface area contributed by atoms with E-state index in [4.69, 9.17) is 0 Å². The van der Waals surface area contributed by atoms with Crippen LogP contribution in [0.2, 0.25) is 0 Å². The smallest absolute Gasteiger partial charge is 0.252 e. The molecule has 3 nitrogen and oxygen atoms in total. The molecule has 0 spiro atoms. The maximum absolute atomic E-state index is 2.67. The molecule has 0 radical (unpaired) electrons. The lowest BCUT2D eigenvalue weighted by molar-refractivity contribution is 0.563. The summed E-state index contributed by atoms with van der Waals surface area (Å²) in [5, 5.41) is 2.64. The predicted octanol–water partition coefficient (Wildman–Crippen LogP) is 16.4. The van der Waals surface area contributed by atoms with E-state index in [-0.39, 0.29) is 33.8 Å². The minimum Gasteiger partial charge on any atom is -0.311 e. The standard InChI is InChI=1S/C69H70BN3/c1-64(2,3)41-22-18-23-43(34-41)69(47-36-44(66(7,8)9)35-45(37-47)67(10,11)12)50-24-16-17-28-55(50)72-56-29-21-30-57-60(56)70(52-26-19-25-51(69)62(52)72)53-27-20-31-58-63(53)73(57)59-40-46(68(13,14)15)39-49-48-38-42(65(4,5)6)32-33-54(48)71(58)61(49)59/h16-40H,1-15H3. The first kappa shape index (κ1) is 46.0. The third kappa shape index (κ3) is 6.31. The molecule has 0 fully saturated rings. The van der Waals surface area contributed by atoms with Gasteiger partial charge in [0, 0.05) is 27.8 Å². The van der Waals surface area contributed by atoms with Crippen molar-refractivity contribution in [3.05, 3.63) is 202 Å². The van der Waals surface area contributed by atoms with E-state index in [0.29, 0.717) is 0 Å². The van der Waals surface area contributed by atoms with Crippen LogP contribution in [0.5, 0.6) is 0 Å². The second-order valence-corrected chi connectivity index (χ2v) is 27.1. The lowest BCUT2D eigenvalue weighted by Crippen LogP contribution is -2.63. The van der Waals surface area contributed by atoms with Gasteiger partial charge >= 0.3 is 0 Å². The van der Waals surface area contributed by atoms with Crippen molar-refractivity contribution < 1.29 is 0 Å². The zero-order valence-corrected chi connectivity index (χ0v) is 45.9. The van der Waals surface area contributed by atoms with Gasteiger partial charge in [0.25, 0.3) is 6.71 Å². The van der Waals surface area contributed by atoms with Crippen LogP contribution >= 0.6 is 0 Å². The van der Waals surface area contributed by atoms with E-state index in [2.05, 4.69) is 270 Å². The van der Waals surface area contributed by atoms with Crippen molar-refractivity contribution >= 4 is 79.0 Å². The number of benzene rings is 8. The van der Waals surface area contributed by atoms with E-state index in [9.17, 15) is 0 Å². The Morgan fingerprint density at radius 2 is 0.849 bits per heavy atom. The molecule has 0 saturated heterocycles. The van der Waals surface area contributed by atoms with Crippen molar-refractivity contribution in [1.29, 1.82) is 0 Å². The Balaban J connectivity index is 1.17. The summed E-state index contributed by atoms with van der Waals surface area (Å²) in [5.74, 6) is 0. The van der Waals surface area contributed by atoms with Gasteiger partial charge < -0.3 is 14.4 Å². The number of hydrogen-bond donors (Lipinski definition) is 0. The molecule has 13 rings (SSSR count). The fourth-order valence-electron chi connectivity index (χ4n) is 13.3. The Labute approximate surface area is 435 Å². The Morgan fingerprint density at radius 3 is 1.51 bits per heavy atom. The van der Waals surface area contributed by atoms with Gasteiger partial charge in [-0.2, -0.15) is 0 Å². The van der Waals surface area contributed by atoms with Crippen molar-refractivity contribution in [3.63, 3.8) is 0 Å². The second-order valence-electron chi connectivity index (χ2n) is 27.1. The van der Waals surface area contributed by atoms with E-state index in [0.717, 1.165) is 0 Å². The van der Waals surface area contributed by atoms with E-state index >= 15 is 0 Å². The highest BCUT2D eigenvalue weighted by Gasteiger charge is 2.53. The zero-order chi connectivity index (χ0) is 51.3. The monoisotopic (exact) mass is 952 g/mol. The molecule has 0 N–H and O–H groups in total. The van der Waals surface area contributed by atoms with Gasteiger partial charge in [0.05, 0.1) is 39.2 Å². The van der Waals surface area contributed by atoms with Gasteiger partial charge in [-0.15, -0.1) is 0 Å². The minimum atomic E-state index is -0.656. The molecule has 4 aliphatic rings. The van der Waals surface area contributed by atoms with Gasteiger partial charge in [-0.1, -0.05) is 207 Å². The van der Waals surface area contributed by atoms with Crippen molar-refractivity contribution in [2.45, 2.75) is 136 Å². The molecule has 0 bridgehead atoms. The molecule has 0 amide bonds. The number of fused-ring (bicyclic) bond motifs is 11. The van der Waals surface area contributed by atoms with Crippen LogP contribution in [0.1, 0.15) is 154 Å². The van der Waals surface area contributed by atoms with Crippen LogP contribution in [0.25, 0.3) is 27.5 Å². The van der Waals surface area contributed by atoms with Crippen molar-refractivity contribution in [2.75, 3.05) is 9.80 Å². The van der Waals surface area contributed by atoms with Crippen molar-refractivity contribution in [2.24, 2.45) is 0 Å². The zero-order valence-electron chi connectivity index (χ0n) is 45.9. The lowest BCUT2D eigenvalue weighted by Gasteiger charge is -2.52. The lowest BCUT2D eigenvalue weighted by atomic mass is 9.33. The molecule has 73 heavy (non-hydrogen) atoms. The predicted molar refractivity (Wildman–Crippen MR) is 314 cm³/mol. The van der Waals surface area contributed by atoms with Crippen LogP contribution in [0, 0.1) is 0 Å². The number of hydrogen-bond acceptors (Lipinski definition) is 2. The number of aromatic nitrogens is 1. The van der Waals surface area contributed by atoms with Crippen molar-refractivity contribution in [3.8, 4) is 5.69 Å². The summed E-state index contributed by atoms with van der Waals surface area (Å²) < 4.78 is 2.61. The topological polar surface area (TPSA) is 11.4 Å². The summed E-state index contributed by atoms with van der Waals surface area (Å²) in [5.41, 5.74) is 26.6. The highest BCUT2D eigenvalue weighted by Crippen LogP contribution is 2.61. The van der Waals surface area contributed by atoms with E-state index in [1.165, 1.54) is 128 Å². The third-order valence-corrected chi connectivity index (χ3v) is 17.3. The normalized spacial score (nSPS) is 16.7. The van der Waals surface area contributed by atoms with Crippen LogP contribution in [0.4, 0.5) is 34.1 Å². The summed E-state index contributed by atoms with van der Waals surface area (Å²) in [6.07, 6.45) is 0. The average Bonchev–Trinajstić information content (AvgIpc) is 3.67. The maximum atomic E-state index is 2.67. The molecule has 364 valence electrons. The molecular weight excluding hydrogens is 882 g/mol. The molecule has 4 aliphatic heterocycles. The van der Waals surface area contributed by atoms with Crippen LogP contribution in [-0.4, -0.2) is 11.3 Å². The summed E-state index contributed by atoms with van der Waals surface area (Å²) in [6.45, 7) is 35.4. The highest BCUT2D eigenvalue weighted by atomic mass is 15.2. The van der Waals surface area contributed by atoms with Crippen LogP contribution in [0.15, 0.2) is 152 Å². The summed E-state index contributed by atoms with van der Waals surface area (Å²) in [6, 6.07) is 60.6. The molecule has 1 aromatic heterocycles. The molecular formula is C69H70BN3. The fourth-order valence-corrected chi connectivity index (χ4v) is 13.3. The number of para-hydroxylation sites is 3. The molecule has 4 heteroatoms. The number of nitrogens with zero attached hydrogens (tertiary/aromatic N) is 3. The summed E-state index contributed by atoms with van der Waals surface area (Å²) in [7, 11) is 0. The molecule has 1 unspecified atom stereocenters. The van der Waals surface area contributed by atoms with E-state index in [1.807, 2.05) is 0 Å². The molecule has 9 aromatic rings. The fraction of sp³-hybridized carbons (Fsp3) is 0.304. The van der Waals surface area contributed by atoms with Gasteiger partial charge in [0.15, 0.2) is 0 Å². The molecule has 0 aliphatic carbocycles. The molecule has 8 aromatic carbocycles. The van der Waals surface area contributed by atoms with Crippen LogP contribution in [0.3, 0.4) is 0 Å². The largest absolute Gasteiger partial charge is 0.311 e. The molecule has 1 atom stereocenters. The summed E-state index contributed by atoms with van der Waals surface area (Å²) >= 11 is 0. The minimum absolute atomic E-state index is 0.0167. The molecule has 5 heterocycles. The summed E-state index contributed by atoms with van der Waals surface area (Å²) in [4.78, 5) is 5.34. The van der Waals surface area contributed by atoms with Crippen molar-refractivity contribution in [1.82, 2.24) is 4.57 Å². The van der Waals surface area contributed by atoms with Crippen LogP contribution in [-0.2, 0) is 32.5 Å². The first-order chi connectivity index (χ1) is 34.4. The van der Waals surface area contributed by atoms with Gasteiger partial charge in [-0.05, 0) is 142 Å². The Hall–Kier alpha value is -6.78. The maximum Gasteiger partial charge on any atom is 0.252 e. The first-order valence-corrected chi connectivity index (χ1v) is 26.9. The van der Waals surface area contributed by atoms with Gasteiger partial charge in [0.2, 0.25) is 0 Å². The van der Waals surface area contributed by atoms with Crippen LogP contribution < -0.4 is 26.2 Å². The third-order valence-electron chi connectivity index (χ3n) is 17.3. The number of rotatable bonds is 2. The van der Waals surface area contributed by atoms with Gasteiger partial charge in [-0.3, -0.25) is 0 Å². The Kier molecular flexibility index (Phi) is 9.28. The van der Waals surface area contributed by atoms with Gasteiger partial charge in [0.1, 0.15) is 0 Å².